The normalized spacial score (nSPS) is 11.3. The maximum absolute atomic E-state index is 12.4. The average Bonchev–Trinajstić information content (AvgIpc) is 2.61. The van der Waals surface area contributed by atoms with Crippen LogP contribution in [-0.4, -0.2) is 25.5 Å². The van der Waals surface area contributed by atoms with Crippen LogP contribution in [0.5, 0.6) is 5.88 Å². The third-order valence-corrected chi connectivity index (χ3v) is 4.70. The van der Waals surface area contributed by atoms with E-state index < -0.39 is 10.0 Å². The van der Waals surface area contributed by atoms with Crippen molar-refractivity contribution >= 4 is 10.0 Å². The predicted octanol–water partition coefficient (Wildman–Crippen LogP) is 2.78. The Morgan fingerprint density at radius 2 is 1.68 bits per heavy atom. The minimum Gasteiger partial charge on any atom is -0.479 e. The van der Waals surface area contributed by atoms with E-state index in [1.165, 1.54) is 7.11 Å². The van der Waals surface area contributed by atoms with Crippen molar-refractivity contribution in [2.24, 2.45) is 5.14 Å². The van der Waals surface area contributed by atoms with Crippen LogP contribution in [0.3, 0.4) is 0 Å². The van der Waals surface area contributed by atoms with Gasteiger partial charge in [0.2, 0.25) is 15.9 Å². The van der Waals surface area contributed by atoms with E-state index in [0.717, 1.165) is 5.56 Å². The van der Waals surface area contributed by atoms with Crippen LogP contribution in [0.15, 0.2) is 59.6 Å². The Balaban J connectivity index is 2.36. The van der Waals surface area contributed by atoms with Gasteiger partial charge in [0.1, 0.15) is 5.69 Å². The molecule has 0 fully saturated rings. The molecule has 2 aromatic carbocycles. The Hall–Kier alpha value is -2.77. The molecule has 25 heavy (non-hydrogen) atoms. The SMILES string of the molecule is COc1nc(C)cnc1-c1cccc(-c2ccccc2)c1S(N)(=O)=O. The third-order valence-electron chi connectivity index (χ3n) is 3.69. The maximum Gasteiger partial charge on any atom is 0.240 e. The van der Waals surface area contributed by atoms with Crippen LogP contribution in [0.2, 0.25) is 0 Å². The van der Waals surface area contributed by atoms with Crippen molar-refractivity contribution in [2.75, 3.05) is 7.11 Å². The fourth-order valence-corrected chi connectivity index (χ4v) is 3.62. The molecule has 6 nitrogen and oxygen atoms in total. The fourth-order valence-electron chi connectivity index (χ4n) is 2.66. The smallest absolute Gasteiger partial charge is 0.240 e. The van der Waals surface area contributed by atoms with Gasteiger partial charge in [-0.05, 0) is 12.5 Å². The van der Waals surface area contributed by atoms with Crippen LogP contribution < -0.4 is 9.88 Å². The topological polar surface area (TPSA) is 95.2 Å². The number of aryl methyl sites for hydroxylation is 1. The molecule has 2 N–H and O–H groups in total. The summed E-state index contributed by atoms with van der Waals surface area (Å²) in [5.74, 6) is 0.245. The minimum atomic E-state index is -4.02. The summed E-state index contributed by atoms with van der Waals surface area (Å²) in [6.45, 7) is 1.78. The largest absolute Gasteiger partial charge is 0.479 e. The number of sulfonamides is 1. The second-order valence-electron chi connectivity index (χ2n) is 5.46. The van der Waals surface area contributed by atoms with E-state index in [4.69, 9.17) is 9.88 Å². The summed E-state index contributed by atoms with van der Waals surface area (Å²) in [6, 6.07) is 14.3. The Labute approximate surface area is 146 Å². The second-order valence-corrected chi connectivity index (χ2v) is 6.96. The number of hydrogen-bond acceptors (Lipinski definition) is 5. The highest BCUT2D eigenvalue weighted by molar-refractivity contribution is 7.89. The van der Waals surface area contributed by atoms with Gasteiger partial charge >= 0.3 is 0 Å². The first-order valence-corrected chi connectivity index (χ1v) is 9.05. The van der Waals surface area contributed by atoms with Crippen LogP contribution >= 0.6 is 0 Å². The molecule has 1 heterocycles. The predicted molar refractivity (Wildman–Crippen MR) is 95.6 cm³/mol. The van der Waals surface area contributed by atoms with Crippen molar-refractivity contribution in [1.29, 1.82) is 0 Å². The van der Waals surface area contributed by atoms with Gasteiger partial charge in [0, 0.05) is 17.3 Å². The zero-order chi connectivity index (χ0) is 18.0. The maximum atomic E-state index is 12.4. The van der Waals surface area contributed by atoms with Crippen LogP contribution in [0, 0.1) is 6.92 Å². The first kappa shape index (κ1) is 17.1. The molecule has 0 saturated carbocycles. The van der Waals surface area contributed by atoms with E-state index in [2.05, 4.69) is 9.97 Å². The highest BCUT2D eigenvalue weighted by atomic mass is 32.2. The molecule has 0 aliphatic rings. The fraction of sp³-hybridized carbons (Fsp3) is 0.111. The van der Waals surface area contributed by atoms with Crippen LogP contribution in [0.1, 0.15) is 5.69 Å². The Bertz CT molecular complexity index is 1020. The number of benzene rings is 2. The molecule has 3 aromatic rings. The average molecular weight is 355 g/mol. The molecule has 0 amide bonds. The molecule has 7 heteroatoms. The van der Waals surface area contributed by atoms with Gasteiger partial charge < -0.3 is 4.74 Å². The second kappa shape index (κ2) is 6.62. The molecule has 0 aliphatic carbocycles. The van der Waals surface area contributed by atoms with Crippen molar-refractivity contribution in [2.45, 2.75) is 11.8 Å². The lowest BCUT2D eigenvalue weighted by Gasteiger charge is -2.14. The van der Waals surface area contributed by atoms with Gasteiger partial charge in [-0.25, -0.2) is 23.5 Å². The summed E-state index contributed by atoms with van der Waals surface area (Å²) in [5.41, 5.74) is 2.59. The number of aromatic nitrogens is 2. The molecule has 0 radical (unpaired) electrons. The van der Waals surface area contributed by atoms with Gasteiger partial charge in [-0.1, -0.05) is 48.5 Å². The first-order valence-electron chi connectivity index (χ1n) is 7.51. The van der Waals surface area contributed by atoms with E-state index in [1.807, 2.05) is 30.3 Å². The summed E-state index contributed by atoms with van der Waals surface area (Å²) in [5, 5.41) is 5.54. The van der Waals surface area contributed by atoms with Crippen molar-refractivity contribution < 1.29 is 13.2 Å². The molecule has 0 saturated heterocycles. The van der Waals surface area contributed by atoms with Crippen LogP contribution in [-0.2, 0) is 10.0 Å². The van der Waals surface area contributed by atoms with Crippen LogP contribution in [0.4, 0.5) is 0 Å². The van der Waals surface area contributed by atoms with Gasteiger partial charge in [0.05, 0.1) is 17.7 Å². The van der Waals surface area contributed by atoms with Gasteiger partial charge in [0.25, 0.3) is 0 Å². The number of hydrogen-bond donors (Lipinski definition) is 1. The molecule has 0 spiro atoms. The highest BCUT2D eigenvalue weighted by Crippen LogP contribution is 2.37. The summed E-state index contributed by atoms with van der Waals surface area (Å²) in [7, 11) is -2.56. The monoisotopic (exact) mass is 355 g/mol. The van der Waals surface area contributed by atoms with E-state index in [-0.39, 0.29) is 10.8 Å². The number of nitrogens with zero attached hydrogens (tertiary/aromatic N) is 2. The minimum absolute atomic E-state index is 0.00217. The summed E-state index contributed by atoms with van der Waals surface area (Å²) in [6.07, 6.45) is 1.56. The molecule has 0 atom stereocenters. The van der Waals surface area contributed by atoms with Crippen molar-refractivity contribution in [3.05, 3.63) is 60.4 Å². The summed E-state index contributed by atoms with van der Waals surface area (Å²) >= 11 is 0. The molecule has 128 valence electrons. The molecular weight excluding hydrogens is 338 g/mol. The summed E-state index contributed by atoms with van der Waals surface area (Å²) < 4.78 is 30.0. The molecular formula is C18H17N3O3S. The quantitative estimate of drug-likeness (QED) is 0.776. The molecule has 3 rings (SSSR count). The van der Waals surface area contributed by atoms with E-state index in [9.17, 15) is 8.42 Å². The number of nitrogens with two attached hydrogens (primary N) is 1. The molecule has 0 unspecified atom stereocenters. The lowest BCUT2D eigenvalue weighted by atomic mass is 10.0. The molecule has 1 aromatic heterocycles. The number of methoxy groups -OCH3 is 1. The van der Waals surface area contributed by atoms with E-state index in [0.29, 0.717) is 22.5 Å². The first-order chi connectivity index (χ1) is 11.9. The lowest BCUT2D eigenvalue weighted by Crippen LogP contribution is -2.15. The third kappa shape index (κ3) is 3.38. The summed E-state index contributed by atoms with van der Waals surface area (Å²) in [4.78, 5) is 8.59. The van der Waals surface area contributed by atoms with Gasteiger partial charge in [0.15, 0.2) is 0 Å². The van der Waals surface area contributed by atoms with Gasteiger partial charge in [-0.2, -0.15) is 0 Å². The van der Waals surface area contributed by atoms with Crippen molar-refractivity contribution in [1.82, 2.24) is 9.97 Å². The van der Waals surface area contributed by atoms with Gasteiger partial charge in [-0.3, -0.25) is 0 Å². The van der Waals surface area contributed by atoms with E-state index in [1.54, 1.807) is 31.3 Å². The zero-order valence-electron chi connectivity index (χ0n) is 13.8. The Morgan fingerprint density at radius 1 is 1.00 bits per heavy atom. The number of primary sulfonamides is 1. The number of rotatable bonds is 4. The molecule has 0 bridgehead atoms. The van der Waals surface area contributed by atoms with Crippen LogP contribution in [0.25, 0.3) is 22.4 Å². The Morgan fingerprint density at radius 3 is 2.32 bits per heavy atom. The number of ether oxygens (including phenoxy) is 1. The van der Waals surface area contributed by atoms with Gasteiger partial charge in [-0.15, -0.1) is 0 Å². The molecule has 0 aliphatic heterocycles. The van der Waals surface area contributed by atoms with Crippen molar-refractivity contribution in [3.8, 4) is 28.3 Å². The Kier molecular flexibility index (Phi) is 4.52. The van der Waals surface area contributed by atoms with Crippen molar-refractivity contribution in [3.63, 3.8) is 0 Å². The van der Waals surface area contributed by atoms with E-state index >= 15 is 0 Å². The lowest BCUT2D eigenvalue weighted by molar-refractivity contribution is 0.396. The highest BCUT2D eigenvalue weighted by Gasteiger charge is 2.24. The standard InChI is InChI=1S/C18H17N3O3S/c1-12-11-20-16(18(21-12)24-2)15-10-6-9-14(17(15)25(19,22)23)13-7-4-3-5-8-13/h3-11H,1-2H3,(H2,19,22,23). The zero-order valence-corrected chi connectivity index (χ0v) is 14.6.